The molecule has 2 saturated heterocycles. The lowest BCUT2D eigenvalue weighted by molar-refractivity contribution is -0.0592. The molecule has 0 unspecified atom stereocenters. The summed E-state index contributed by atoms with van der Waals surface area (Å²) in [4.78, 5) is 24.0. The summed E-state index contributed by atoms with van der Waals surface area (Å²) in [6.45, 7) is 1.22. The van der Waals surface area contributed by atoms with Gasteiger partial charge in [-0.3, -0.25) is 4.90 Å². The second kappa shape index (κ2) is 12.3. The molecular weight excluding hydrogens is 537 g/mol. The first kappa shape index (κ1) is 25.4. The number of halogens is 1. The molecule has 0 bridgehead atoms. The van der Waals surface area contributed by atoms with Gasteiger partial charge in [0.1, 0.15) is 18.2 Å². The lowest BCUT2D eigenvalue weighted by Crippen LogP contribution is -2.35. The van der Waals surface area contributed by atoms with Crippen LogP contribution in [0.3, 0.4) is 0 Å². The van der Waals surface area contributed by atoms with Crippen LogP contribution in [0.1, 0.15) is 60.9 Å². The lowest BCUT2D eigenvalue weighted by atomic mass is 9.93. The van der Waals surface area contributed by atoms with Crippen LogP contribution < -0.4 is 4.74 Å². The van der Waals surface area contributed by atoms with Crippen molar-refractivity contribution in [2.24, 2.45) is 0 Å². The van der Waals surface area contributed by atoms with Gasteiger partial charge >= 0.3 is 5.97 Å². The molecular formula is C32H32FN5O4. The smallest absolute Gasteiger partial charge is 0.337 e. The van der Waals surface area contributed by atoms with Crippen molar-refractivity contribution in [3.63, 3.8) is 0 Å². The number of nitriles is 1. The number of fused-ring (bicyclic) bond motifs is 1. The van der Waals surface area contributed by atoms with Crippen molar-refractivity contribution < 1.29 is 26.1 Å². The van der Waals surface area contributed by atoms with Crippen LogP contribution in [0.4, 0.5) is 4.39 Å². The molecule has 216 valence electrons. The molecule has 4 aromatic rings. The maximum atomic E-state index is 14.5. The maximum absolute atomic E-state index is 14.5. The molecule has 0 N–H and O–H groups in total. The molecule has 4 heterocycles. The Bertz CT molecular complexity index is 1730. The highest BCUT2D eigenvalue weighted by Crippen LogP contribution is 2.30. The van der Waals surface area contributed by atoms with Gasteiger partial charge in [0.15, 0.2) is 0 Å². The van der Waals surface area contributed by atoms with Crippen LogP contribution in [0.25, 0.3) is 11.0 Å². The maximum Gasteiger partial charge on any atom is 0.337 e. The first-order chi connectivity index (χ1) is 21.2. The van der Waals surface area contributed by atoms with Crippen LogP contribution in [-0.4, -0.2) is 58.3 Å². The van der Waals surface area contributed by atoms with Gasteiger partial charge in [0.25, 0.3) is 0 Å². The van der Waals surface area contributed by atoms with Crippen molar-refractivity contribution in [1.82, 2.24) is 19.4 Å². The Morgan fingerprint density at radius 2 is 2.00 bits per heavy atom. The molecule has 6 rings (SSSR count). The number of carbonyl (C=O) groups excluding carboxylic acids is 1. The van der Waals surface area contributed by atoms with E-state index in [4.69, 9.17) is 27.2 Å². The fourth-order valence-electron chi connectivity index (χ4n) is 5.45. The molecule has 0 spiro atoms. The molecule has 0 aliphatic carbocycles. The summed E-state index contributed by atoms with van der Waals surface area (Å²) in [5.41, 5.74) is 2.79. The Morgan fingerprint density at radius 3 is 2.71 bits per heavy atom. The lowest BCUT2D eigenvalue weighted by Gasteiger charge is -2.32. The molecule has 2 aromatic carbocycles. The molecule has 2 fully saturated rings. The van der Waals surface area contributed by atoms with Crippen LogP contribution in [-0.2, 0) is 29.1 Å². The molecule has 9 nitrogen and oxygen atoms in total. The van der Waals surface area contributed by atoms with Crippen LogP contribution in [0.5, 0.6) is 5.88 Å². The summed E-state index contributed by atoms with van der Waals surface area (Å²) in [6, 6.07) is 16.1. The van der Waals surface area contributed by atoms with E-state index in [0.717, 1.165) is 67.6 Å². The van der Waals surface area contributed by atoms with Gasteiger partial charge in [0.2, 0.25) is 5.88 Å². The van der Waals surface area contributed by atoms with Gasteiger partial charge in [-0.15, -0.1) is 0 Å². The number of esters is 1. The van der Waals surface area contributed by atoms with Crippen molar-refractivity contribution in [2.75, 3.05) is 26.8 Å². The summed E-state index contributed by atoms with van der Waals surface area (Å²) in [6.07, 6.45) is 2.79. The first-order valence-corrected chi connectivity index (χ1v) is 14.0. The Kier molecular flexibility index (Phi) is 7.41. The Balaban J connectivity index is 1.13. The molecule has 2 aromatic heterocycles. The third kappa shape index (κ3) is 5.98. The number of likely N-dealkylation sites (tertiary alicyclic amines) is 1. The zero-order valence-electron chi connectivity index (χ0n) is 25.3. The zero-order valence-corrected chi connectivity index (χ0v) is 23.3. The van der Waals surface area contributed by atoms with Crippen molar-refractivity contribution >= 4 is 17.0 Å². The second-order valence-electron chi connectivity index (χ2n) is 10.6. The summed E-state index contributed by atoms with van der Waals surface area (Å²) < 4.78 is 49.5. The fourth-order valence-corrected chi connectivity index (χ4v) is 5.45. The molecule has 10 heteroatoms. The number of ether oxygens (including phenoxy) is 3. The number of nitrogens with zero attached hydrogens (tertiary/aromatic N) is 5. The third-order valence-electron chi connectivity index (χ3n) is 7.91. The van der Waals surface area contributed by atoms with Gasteiger partial charge in [0, 0.05) is 29.8 Å². The van der Waals surface area contributed by atoms with Crippen molar-refractivity contribution in [1.29, 1.82) is 5.26 Å². The number of pyridine rings is 1. The van der Waals surface area contributed by atoms with Gasteiger partial charge in [-0.1, -0.05) is 12.1 Å². The SMILES string of the molecule is [2H]C([2H])(Oc1cccc(C2CCN(Cc3nc4ccc(C(=O)OC)cc4n3C[C@@H]3CCO3)CC2)n1)c1ccc(C#N)cc1F. The topological polar surface area (TPSA) is 102 Å². The third-order valence-corrected chi connectivity index (χ3v) is 7.91. The van der Waals surface area contributed by atoms with Crippen molar-refractivity contribution in [3.8, 4) is 11.9 Å². The molecule has 0 saturated carbocycles. The Hall–Kier alpha value is -4.33. The highest BCUT2D eigenvalue weighted by molar-refractivity contribution is 5.93. The van der Waals surface area contributed by atoms with E-state index >= 15 is 0 Å². The van der Waals surface area contributed by atoms with Crippen LogP contribution in [0.2, 0.25) is 0 Å². The number of imidazole rings is 1. The van der Waals surface area contributed by atoms with E-state index in [1.807, 2.05) is 24.3 Å². The standard InChI is InChI=1S/C32H32FN5O4/c1-40-32(39)23-7-8-28-29(16-23)38(18-25-11-14-41-25)30(35-28)19-37-12-9-22(10-13-37)27-3-2-4-31(36-27)42-20-24-6-5-21(17-34)15-26(24)33/h2-8,15-16,22,25H,9-14,18-20H2,1H3/t25-/m0/s1/i20D2. The quantitative estimate of drug-likeness (QED) is 0.259. The molecule has 2 aliphatic rings. The van der Waals surface area contributed by atoms with Crippen LogP contribution in [0.15, 0.2) is 54.6 Å². The monoisotopic (exact) mass is 571 g/mol. The van der Waals surface area contributed by atoms with Crippen LogP contribution in [0, 0.1) is 17.1 Å². The second-order valence-corrected chi connectivity index (χ2v) is 10.6. The number of piperidine rings is 1. The average Bonchev–Trinajstić information content (AvgIpc) is 3.34. The van der Waals surface area contributed by atoms with E-state index in [1.54, 1.807) is 18.2 Å². The predicted molar refractivity (Wildman–Crippen MR) is 152 cm³/mol. The van der Waals surface area contributed by atoms with Gasteiger partial charge in [-0.05, 0) is 68.8 Å². The Morgan fingerprint density at radius 1 is 1.17 bits per heavy atom. The number of hydrogen-bond acceptors (Lipinski definition) is 8. The fraction of sp³-hybridized carbons (Fsp3) is 0.375. The van der Waals surface area contributed by atoms with E-state index in [0.29, 0.717) is 18.7 Å². The molecule has 42 heavy (non-hydrogen) atoms. The molecule has 2 aliphatic heterocycles. The van der Waals surface area contributed by atoms with E-state index in [1.165, 1.54) is 19.2 Å². The van der Waals surface area contributed by atoms with Crippen molar-refractivity contribution in [2.45, 2.75) is 50.9 Å². The summed E-state index contributed by atoms with van der Waals surface area (Å²) in [7, 11) is 1.37. The summed E-state index contributed by atoms with van der Waals surface area (Å²) in [5.74, 6) is -0.102. The zero-order chi connectivity index (χ0) is 30.8. The average molecular weight is 572 g/mol. The summed E-state index contributed by atoms with van der Waals surface area (Å²) >= 11 is 0. The van der Waals surface area contributed by atoms with Gasteiger partial charge in [0.05, 0.1) is 57.3 Å². The minimum atomic E-state index is -2.47. The largest absolute Gasteiger partial charge is 0.473 e. The highest BCUT2D eigenvalue weighted by Gasteiger charge is 2.26. The number of aromatic nitrogens is 3. The van der Waals surface area contributed by atoms with Gasteiger partial charge in [-0.25, -0.2) is 19.2 Å². The number of benzene rings is 2. The first-order valence-electron chi connectivity index (χ1n) is 15.0. The number of carbonyl (C=O) groups is 1. The van der Waals surface area contributed by atoms with E-state index < -0.39 is 12.4 Å². The Labute approximate surface area is 246 Å². The van der Waals surface area contributed by atoms with Crippen molar-refractivity contribution in [3.05, 3.63) is 88.6 Å². The normalized spacial score (nSPS) is 18.5. The minimum Gasteiger partial charge on any atom is -0.473 e. The predicted octanol–water partition coefficient (Wildman–Crippen LogP) is 4.98. The molecule has 1 atom stereocenters. The molecule has 0 radical (unpaired) electrons. The van der Waals surface area contributed by atoms with Gasteiger partial charge < -0.3 is 18.8 Å². The van der Waals surface area contributed by atoms with E-state index in [9.17, 15) is 9.18 Å². The highest BCUT2D eigenvalue weighted by atomic mass is 19.1. The van der Waals surface area contributed by atoms with Gasteiger partial charge in [-0.2, -0.15) is 5.26 Å². The number of hydrogen-bond donors (Lipinski definition) is 0. The van der Waals surface area contributed by atoms with Crippen LogP contribution >= 0.6 is 0 Å². The molecule has 0 amide bonds. The number of methoxy groups -OCH3 is 1. The van der Waals surface area contributed by atoms with E-state index in [-0.39, 0.29) is 35.0 Å². The van der Waals surface area contributed by atoms with E-state index in [2.05, 4.69) is 14.5 Å². The summed E-state index contributed by atoms with van der Waals surface area (Å²) in [5, 5.41) is 8.98. The number of rotatable bonds is 9. The minimum absolute atomic E-state index is 0.0666.